The van der Waals surface area contributed by atoms with Crippen LogP contribution < -0.4 is 19.7 Å². The van der Waals surface area contributed by atoms with Crippen LogP contribution in [0.1, 0.15) is 12.5 Å². The summed E-state index contributed by atoms with van der Waals surface area (Å²) in [5, 5.41) is 2.94. The van der Waals surface area contributed by atoms with E-state index in [-0.39, 0.29) is 12.3 Å². The molecule has 27 heavy (non-hydrogen) atoms. The second kappa shape index (κ2) is 8.77. The molecule has 1 atom stereocenters. The lowest BCUT2D eigenvalue weighted by molar-refractivity contribution is -0.115. The topological polar surface area (TPSA) is 60.0 Å². The molecule has 0 saturated carbocycles. The van der Waals surface area contributed by atoms with Crippen molar-refractivity contribution in [3.8, 4) is 11.5 Å². The van der Waals surface area contributed by atoms with E-state index in [0.717, 1.165) is 36.7 Å². The van der Waals surface area contributed by atoms with Crippen molar-refractivity contribution in [2.75, 3.05) is 44.2 Å². The van der Waals surface area contributed by atoms with Gasteiger partial charge in [-0.1, -0.05) is 6.07 Å². The Kier molecular flexibility index (Phi) is 6.19. The maximum absolute atomic E-state index is 12.4. The van der Waals surface area contributed by atoms with Gasteiger partial charge in [-0.2, -0.15) is 0 Å². The van der Waals surface area contributed by atoms with Crippen molar-refractivity contribution in [3.63, 3.8) is 0 Å². The molecule has 2 aromatic rings. The van der Waals surface area contributed by atoms with E-state index in [0.29, 0.717) is 17.5 Å². The summed E-state index contributed by atoms with van der Waals surface area (Å²) in [5.74, 6) is 1.19. The summed E-state index contributed by atoms with van der Waals surface area (Å²) in [6, 6.07) is 13.8. The number of benzene rings is 2. The van der Waals surface area contributed by atoms with Gasteiger partial charge in [0.25, 0.3) is 0 Å². The molecule has 1 heterocycles. The van der Waals surface area contributed by atoms with Crippen molar-refractivity contribution in [1.82, 2.24) is 0 Å². The Bertz CT molecular complexity index is 776. The molecule has 6 nitrogen and oxygen atoms in total. The van der Waals surface area contributed by atoms with Gasteiger partial charge in [-0.25, -0.2) is 0 Å². The number of nitrogens with zero attached hydrogens (tertiary/aromatic N) is 1. The monoisotopic (exact) mass is 370 g/mol. The summed E-state index contributed by atoms with van der Waals surface area (Å²) >= 11 is 0. The number of anilines is 2. The van der Waals surface area contributed by atoms with Crippen molar-refractivity contribution in [2.45, 2.75) is 19.4 Å². The number of ether oxygens (including phenoxy) is 3. The van der Waals surface area contributed by atoms with E-state index in [2.05, 4.69) is 17.1 Å². The summed E-state index contributed by atoms with van der Waals surface area (Å²) in [5.41, 5.74) is 2.79. The molecule has 1 aliphatic rings. The number of hydrogen-bond acceptors (Lipinski definition) is 5. The zero-order valence-electron chi connectivity index (χ0n) is 16.0. The fourth-order valence-corrected chi connectivity index (χ4v) is 3.23. The minimum absolute atomic E-state index is 0.0743. The molecule has 0 bridgehead atoms. The summed E-state index contributed by atoms with van der Waals surface area (Å²) in [6.07, 6.45) is 0.266. The predicted molar refractivity (Wildman–Crippen MR) is 106 cm³/mol. The third-order valence-corrected chi connectivity index (χ3v) is 4.66. The van der Waals surface area contributed by atoms with Gasteiger partial charge >= 0.3 is 0 Å². The van der Waals surface area contributed by atoms with E-state index in [1.54, 1.807) is 20.3 Å². The first-order chi connectivity index (χ1) is 13.1. The lowest BCUT2D eigenvalue weighted by Gasteiger charge is -2.35. The number of amides is 1. The summed E-state index contributed by atoms with van der Waals surface area (Å²) < 4.78 is 16.0. The Morgan fingerprint density at radius 1 is 1.15 bits per heavy atom. The van der Waals surface area contributed by atoms with Crippen molar-refractivity contribution >= 4 is 17.3 Å². The Morgan fingerprint density at radius 2 is 1.89 bits per heavy atom. The molecule has 1 amide bonds. The molecule has 1 aliphatic heterocycles. The van der Waals surface area contributed by atoms with Crippen molar-refractivity contribution in [2.24, 2.45) is 0 Å². The molecule has 0 spiro atoms. The second-order valence-corrected chi connectivity index (χ2v) is 6.58. The molecule has 1 N–H and O–H groups in total. The standard InChI is InChI=1S/C21H26N2O4/c1-15-14-27-11-10-23(15)18-7-5-17(6-8-18)22-21(24)13-16-4-9-19(25-2)20(12-16)26-3/h4-9,12,15H,10-11,13-14H2,1-3H3,(H,22,24). The third kappa shape index (κ3) is 4.71. The lowest BCUT2D eigenvalue weighted by Crippen LogP contribution is -2.43. The van der Waals surface area contributed by atoms with Gasteiger partial charge in [0.05, 0.1) is 33.9 Å². The van der Waals surface area contributed by atoms with Crippen LogP contribution in [0.4, 0.5) is 11.4 Å². The smallest absolute Gasteiger partial charge is 0.228 e. The van der Waals surface area contributed by atoms with Gasteiger partial charge in [-0.3, -0.25) is 4.79 Å². The highest BCUT2D eigenvalue weighted by Crippen LogP contribution is 2.28. The van der Waals surface area contributed by atoms with Crippen molar-refractivity contribution in [3.05, 3.63) is 48.0 Å². The first kappa shape index (κ1) is 19.0. The number of rotatable bonds is 6. The Balaban J connectivity index is 1.61. The SMILES string of the molecule is COc1ccc(CC(=O)Nc2ccc(N3CCOCC3C)cc2)cc1OC. The molecule has 1 saturated heterocycles. The van der Waals surface area contributed by atoms with Gasteiger partial charge in [0.1, 0.15) is 0 Å². The van der Waals surface area contributed by atoms with E-state index >= 15 is 0 Å². The van der Waals surface area contributed by atoms with E-state index in [1.165, 1.54) is 0 Å². The lowest BCUT2D eigenvalue weighted by atomic mass is 10.1. The Labute approximate surface area is 160 Å². The normalized spacial score (nSPS) is 16.7. The molecule has 3 rings (SSSR count). The first-order valence-corrected chi connectivity index (χ1v) is 9.06. The quantitative estimate of drug-likeness (QED) is 0.847. The molecular weight excluding hydrogens is 344 g/mol. The van der Waals surface area contributed by atoms with Crippen LogP contribution in [0.5, 0.6) is 11.5 Å². The number of nitrogens with one attached hydrogen (secondary N) is 1. The molecule has 1 fully saturated rings. The number of hydrogen-bond donors (Lipinski definition) is 1. The van der Waals surface area contributed by atoms with E-state index < -0.39 is 0 Å². The highest BCUT2D eigenvalue weighted by molar-refractivity contribution is 5.92. The molecule has 0 aromatic heterocycles. The van der Waals surface area contributed by atoms with E-state index in [9.17, 15) is 4.79 Å². The van der Waals surface area contributed by atoms with Crippen LogP contribution in [0.25, 0.3) is 0 Å². The van der Waals surface area contributed by atoms with Gasteiger partial charge in [-0.15, -0.1) is 0 Å². The van der Waals surface area contributed by atoms with Crippen LogP contribution in [0.15, 0.2) is 42.5 Å². The largest absolute Gasteiger partial charge is 0.493 e. The number of carbonyl (C=O) groups is 1. The van der Waals surface area contributed by atoms with Crippen LogP contribution in [0, 0.1) is 0 Å². The average molecular weight is 370 g/mol. The van der Waals surface area contributed by atoms with Gasteiger partial charge in [0.15, 0.2) is 11.5 Å². The van der Waals surface area contributed by atoms with E-state index in [1.807, 2.05) is 36.4 Å². The molecule has 144 valence electrons. The van der Waals surface area contributed by atoms with Gasteiger partial charge in [-0.05, 0) is 48.9 Å². The summed E-state index contributed by atoms with van der Waals surface area (Å²) in [7, 11) is 3.17. The minimum Gasteiger partial charge on any atom is -0.493 e. The molecule has 6 heteroatoms. The summed E-state index contributed by atoms with van der Waals surface area (Å²) in [4.78, 5) is 14.7. The fourth-order valence-electron chi connectivity index (χ4n) is 3.23. The predicted octanol–water partition coefficient (Wildman–Crippen LogP) is 3.11. The fraction of sp³-hybridized carbons (Fsp3) is 0.381. The highest BCUT2D eigenvalue weighted by Gasteiger charge is 2.19. The van der Waals surface area contributed by atoms with Crippen LogP contribution >= 0.6 is 0 Å². The highest BCUT2D eigenvalue weighted by atomic mass is 16.5. The van der Waals surface area contributed by atoms with Crippen LogP contribution in [-0.4, -0.2) is 45.9 Å². The maximum atomic E-state index is 12.4. The summed E-state index contributed by atoms with van der Waals surface area (Å²) in [6.45, 7) is 4.52. The molecular formula is C21H26N2O4. The van der Waals surface area contributed by atoms with Crippen molar-refractivity contribution < 1.29 is 19.0 Å². The Hall–Kier alpha value is -2.73. The minimum atomic E-state index is -0.0743. The molecule has 2 aromatic carbocycles. The van der Waals surface area contributed by atoms with Gasteiger partial charge < -0.3 is 24.4 Å². The first-order valence-electron chi connectivity index (χ1n) is 9.06. The van der Waals surface area contributed by atoms with Gasteiger partial charge in [0, 0.05) is 24.0 Å². The van der Waals surface area contributed by atoms with E-state index in [4.69, 9.17) is 14.2 Å². The number of carbonyl (C=O) groups excluding carboxylic acids is 1. The van der Waals surface area contributed by atoms with Crippen molar-refractivity contribution in [1.29, 1.82) is 0 Å². The zero-order chi connectivity index (χ0) is 19.2. The molecule has 0 aliphatic carbocycles. The molecule has 1 unspecified atom stereocenters. The zero-order valence-corrected chi connectivity index (χ0v) is 16.0. The number of methoxy groups -OCH3 is 2. The Morgan fingerprint density at radius 3 is 2.56 bits per heavy atom. The van der Waals surface area contributed by atoms with Crippen LogP contribution in [0.2, 0.25) is 0 Å². The average Bonchev–Trinajstić information content (AvgIpc) is 2.69. The molecule has 0 radical (unpaired) electrons. The number of morpholine rings is 1. The van der Waals surface area contributed by atoms with Crippen LogP contribution in [-0.2, 0) is 16.0 Å². The third-order valence-electron chi connectivity index (χ3n) is 4.66. The second-order valence-electron chi connectivity index (χ2n) is 6.58. The van der Waals surface area contributed by atoms with Crippen LogP contribution in [0.3, 0.4) is 0 Å². The van der Waals surface area contributed by atoms with Gasteiger partial charge in [0.2, 0.25) is 5.91 Å². The maximum Gasteiger partial charge on any atom is 0.228 e.